The fourth-order valence-electron chi connectivity index (χ4n) is 1.72. The number of hydrogen-bond donors (Lipinski definition) is 0. The molecule has 17 heavy (non-hydrogen) atoms. The van der Waals surface area contributed by atoms with E-state index in [9.17, 15) is 4.79 Å². The summed E-state index contributed by atoms with van der Waals surface area (Å²) in [5.41, 5.74) is 2.88. The molecule has 0 saturated heterocycles. The van der Waals surface area contributed by atoms with E-state index in [0.29, 0.717) is 6.42 Å². The van der Waals surface area contributed by atoms with Gasteiger partial charge in [-0.15, -0.1) is 0 Å². The van der Waals surface area contributed by atoms with Crippen molar-refractivity contribution in [3.05, 3.63) is 59.1 Å². The highest BCUT2D eigenvalue weighted by atomic mass is 35.5. The Kier molecular flexibility index (Phi) is 3.60. The molecule has 0 radical (unpaired) electrons. The van der Waals surface area contributed by atoms with Crippen LogP contribution in [0.15, 0.2) is 48.5 Å². The van der Waals surface area contributed by atoms with E-state index in [1.165, 1.54) is 0 Å². The van der Waals surface area contributed by atoms with Crippen LogP contribution in [-0.2, 0) is 0 Å². The molecule has 0 spiro atoms. The standard InChI is InChI=1S/C15H13ClO/c1-2-15(17)13-5-3-4-12(10-13)11-6-8-14(16)9-7-11/h3-10H,2H2,1H3. The lowest BCUT2D eigenvalue weighted by atomic mass is 10.0. The topological polar surface area (TPSA) is 17.1 Å². The van der Waals surface area contributed by atoms with Crippen LogP contribution in [0.5, 0.6) is 0 Å². The Labute approximate surface area is 106 Å². The van der Waals surface area contributed by atoms with Crippen molar-refractivity contribution in [2.24, 2.45) is 0 Å². The summed E-state index contributed by atoms with van der Waals surface area (Å²) in [4.78, 5) is 11.6. The molecule has 86 valence electrons. The third-order valence-corrected chi connectivity index (χ3v) is 2.94. The summed E-state index contributed by atoms with van der Waals surface area (Å²) < 4.78 is 0. The van der Waals surface area contributed by atoms with Crippen molar-refractivity contribution in [1.82, 2.24) is 0 Å². The quantitative estimate of drug-likeness (QED) is 0.721. The number of carbonyl (C=O) groups is 1. The van der Waals surface area contributed by atoms with Gasteiger partial charge in [0.05, 0.1) is 0 Å². The minimum atomic E-state index is 0.167. The van der Waals surface area contributed by atoms with Crippen LogP contribution in [0.3, 0.4) is 0 Å². The Morgan fingerprint density at radius 2 is 1.76 bits per heavy atom. The molecule has 0 saturated carbocycles. The lowest BCUT2D eigenvalue weighted by Gasteiger charge is -2.04. The molecular formula is C15H13ClO. The highest BCUT2D eigenvalue weighted by Crippen LogP contribution is 2.22. The molecular weight excluding hydrogens is 232 g/mol. The predicted molar refractivity (Wildman–Crippen MR) is 71.5 cm³/mol. The highest BCUT2D eigenvalue weighted by Gasteiger charge is 2.04. The van der Waals surface area contributed by atoms with E-state index in [1.54, 1.807) is 0 Å². The summed E-state index contributed by atoms with van der Waals surface area (Å²) >= 11 is 5.85. The van der Waals surface area contributed by atoms with E-state index < -0.39 is 0 Å². The smallest absolute Gasteiger partial charge is 0.162 e. The van der Waals surface area contributed by atoms with Gasteiger partial charge in [-0.2, -0.15) is 0 Å². The van der Waals surface area contributed by atoms with Gasteiger partial charge >= 0.3 is 0 Å². The van der Waals surface area contributed by atoms with Crippen LogP contribution in [-0.4, -0.2) is 5.78 Å². The van der Waals surface area contributed by atoms with Gasteiger partial charge in [0.15, 0.2) is 5.78 Å². The van der Waals surface area contributed by atoms with Gasteiger partial charge in [-0.05, 0) is 29.3 Å². The molecule has 0 bridgehead atoms. The molecule has 0 unspecified atom stereocenters. The van der Waals surface area contributed by atoms with Crippen LogP contribution < -0.4 is 0 Å². The maximum absolute atomic E-state index is 11.6. The minimum Gasteiger partial charge on any atom is -0.294 e. The number of halogens is 1. The summed E-state index contributed by atoms with van der Waals surface area (Å²) in [6, 6.07) is 15.3. The van der Waals surface area contributed by atoms with Gasteiger partial charge in [0, 0.05) is 17.0 Å². The van der Waals surface area contributed by atoms with Crippen LogP contribution in [0, 0.1) is 0 Å². The van der Waals surface area contributed by atoms with Crippen molar-refractivity contribution >= 4 is 17.4 Å². The SMILES string of the molecule is CCC(=O)c1cccc(-c2ccc(Cl)cc2)c1. The minimum absolute atomic E-state index is 0.167. The Morgan fingerprint density at radius 1 is 1.06 bits per heavy atom. The van der Waals surface area contributed by atoms with Crippen LogP contribution in [0.4, 0.5) is 0 Å². The molecule has 0 fully saturated rings. The molecule has 2 rings (SSSR count). The maximum Gasteiger partial charge on any atom is 0.162 e. The monoisotopic (exact) mass is 244 g/mol. The fourth-order valence-corrected chi connectivity index (χ4v) is 1.84. The Balaban J connectivity index is 2.39. The Hall–Kier alpha value is -1.60. The molecule has 0 amide bonds. The van der Waals surface area contributed by atoms with E-state index >= 15 is 0 Å². The lowest BCUT2D eigenvalue weighted by Crippen LogP contribution is -1.96. The largest absolute Gasteiger partial charge is 0.294 e. The van der Waals surface area contributed by atoms with Gasteiger partial charge in [-0.1, -0.05) is 48.9 Å². The second-order valence-electron chi connectivity index (χ2n) is 3.86. The summed E-state index contributed by atoms with van der Waals surface area (Å²) in [6.07, 6.45) is 0.532. The second-order valence-corrected chi connectivity index (χ2v) is 4.30. The first kappa shape index (κ1) is 11.9. The Bertz CT molecular complexity index is 529. The van der Waals surface area contributed by atoms with Crippen LogP contribution in [0.1, 0.15) is 23.7 Å². The zero-order chi connectivity index (χ0) is 12.3. The first-order chi connectivity index (χ1) is 8.20. The number of ketones is 1. The third kappa shape index (κ3) is 2.75. The third-order valence-electron chi connectivity index (χ3n) is 2.68. The van der Waals surface area contributed by atoms with Crippen molar-refractivity contribution < 1.29 is 4.79 Å². The van der Waals surface area contributed by atoms with Crippen LogP contribution in [0.25, 0.3) is 11.1 Å². The van der Waals surface area contributed by atoms with Gasteiger partial charge in [0.2, 0.25) is 0 Å². The zero-order valence-corrected chi connectivity index (χ0v) is 10.4. The lowest BCUT2D eigenvalue weighted by molar-refractivity contribution is 0.0988. The Morgan fingerprint density at radius 3 is 2.41 bits per heavy atom. The molecule has 0 aliphatic heterocycles. The van der Waals surface area contributed by atoms with E-state index in [0.717, 1.165) is 21.7 Å². The van der Waals surface area contributed by atoms with Crippen molar-refractivity contribution in [3.63, 3.8) is 0 Å². The van der Waals surface area contributed by atoms with Gasteiger partial charge < -0.3 is 0 Å². The van der Waals surface area contributed by atoms with E-state index in [4.69, 9.17) is 11.6 Å². The molecule has 0 atom stereocenters. The zero-order valence-electron chi connectivity index (χ0n) is 9.61. The molecule has 2 aromatic carbocycles. The molecule has 0 N–H and O–H groups in total. The molecule has 2 heteroatoms. The summed E-state index contributed by atoms with van der Waals surface area (Å²) in [5, 5.41) is 0.717. The van der Waals surface area contributed by atoms with Gasteiger partial charge in [0.25, 0.3) is 0 Å². The van der Waals surface area contributed by atoms with E-state index in [-0.39, 0.29) is 5.78 Å². The summed E-state index contributed by atoms with van der Waals surface area (Å²) in [7, 11) is 0. The predicted octanol–water partition coefficient (Wildman–Crippen LogP) is 4.60. The van der Waals surface area contributed by atoms with Crippen LogP contribution >= 0.6 is 11.6 Å². The second kappa shape index (κ2) is 5.15. The molecule has 0 aliphatic carbocycles. The van der Waals surface area contributed by atoms with E-state index in [2.05, 4.69) is 0 Å². The normalized spacial score (nSPS) is 10.2. The van der Waals surface area contributed by atoms with Crippen molar-refractivity contribution in [1.29, 1.82) is 0 Å². The summed E-state index contributed by atoms with van der Waals surface area (Å²) in [6.45, 7) is 1.87. The average Bonchev–Trinajstić information content (AvgIpc) is 2.39. The molecule has 0 aliphatic rings. The molecule has 0 heterocycles. The number of carbonyl (C=O) groups excluding carboxylic acids is 1. The maximum atomic E-state index is 11.6. The first-order valence-corrected chi connectivity index (χ1v) is 5.97. The van der Waals surface area contributed by atoms with Crippen LogP contribution in [0.2, 0.25) is 5.02 Å². The number of Topliss-reactive ketones (excluding diaryl/α,β-unsaturated/α-hetero) is 1. The van der Waals surface area contributed by atoms with Crippen molar-refractivity contribution in [2.75, 3.05) is 0 Å². The molecule has 0 aromatic heterocycles. The summed E-state index contributed by atoms with van der Waals surface area (Å²) in [5.74, 6) is 0.167. The van der Waals surface area contributed by atoms with Crippen molar-refractivity contribution in [3.8, 4) is 11.1 Å². The van der Waals surface area contributed by atoms with Gasteiger partial charge in [0.1, 0.15) is 0 Å². The van der Waals surface area contributed by atoms with Gasteiger partial charge in [-0.3, -0.25) is 4.79 Å². The number of benzene rings is 2. The number of hydrogen-bond acceptors (Lipinski definition) is 1. The van der Waals surface area contributed by atoms with E-state index in [1.807, 2.05) is 55.5 Å². The first-order valence-electron chi connectivity index (χ1n) is 5.60. The fraction of sp³-hybridized carbons (Fsp3) is 0.133. The number of rotatable bonds is 3. The van der Waals surface area contributed by atoms with Crippen molar-refractivity contribution in [2.45, 2.75) is 13.3 Å². The molecule has 1 nitrogen and oxygen atoms in total. The van der Waals surface area contributed by atoms with Gasteiger partial charge in [-0.25, -0.2) is 0 Å². The highest BCUT2D eigenvalue weighted by molar-refractivity contribution is 6.30. The average molecular weight is 245 g/mol. The molecule has 2 aromatic rings.